The van der Waals surface area contributed by atoms with Gasteiger partial charge in [0.2, 0.25) is 0 Å². The summed E-state index contributed by atoms with van der Waals surface area (Å²) in [5.41, 5.74) is 2.30. The van der Waals surface area contributed by atoms with Crippen molar-refractivity contribution < 1.29 is 14.3 Å². The van der Waals surface area contributed by atoms with E-state index < -0.39 is 5.97 Å². The smallest absolute Gasteiger partial charge is 0.341 e. The molecule has 2 aromatic carbocycles. The number of benzene rings is 2. The third-order valence-corrected chi connectivity index (χ3v) is 5.70. The van der Waals surface area contributed by atoms with Crippen molar-refractivity contribution in [3.8, 4) is 11.1 Å². The van der Waals surface area contributed by atoms with Crippen molar-refractivity contribution >= 4 is 51.4 Å². The van der Waals surface area contributed by atoms with Crippen LogP contribution in [0.25, 0.3) is 11.1 Å². The second-order valence-corrected chi connectivity index (χ2v) is 7.72. The number of halogens is 2. The second kappa shape index (κ2) is 8.13. The molecule has 7 heteroatoms. The van der Waals surface area contributed by atoms with E-state index in [4.69, 9.17) is 27.9 Å². The van der Waals surface area contributed by atoms with Crippen molar-refractivity contribution in [3.05, 3.63) is 74.6 Å². The van der Waals surface area contributed by atoms with E-state index in [0.717, 1.165) is 16.0 Å². The van der Waals surface area contributed by atoms with Gasteiger partial charge in [0.25, 0.3) is 5.91 Å². The topological polar surface area (TPSA) is 55.4 Å². The number of ether oxygens (including phenoxy) is 1. The second-order valence-electron chi connectivity index (χ2n) is 5.68. The maximum atomic E-state index is 12.6. The van der Waals surface area contributed by atoms with Gasteiger partial charge in [0.1, 0.15) is 10.6 Å². The molecular formula is C20H15Cl2NO3S. The van der Waals surface area contributed by atoms with E-state index in [1.807, 2.05) is 37.3 Å². The summed E-state index contributed by atoms with van der Waals surface area (Å²) < 4.78 is 4.95. The average molecular weight is 420 g/mol. The summed E-state index contributed by atoms with van der Waals surface area (Å²) in [5, 5.41) is 3.87. The molecule has 3 rings (SSSR count). The molecule has 0 fully saturated rings. The zero-order chi connectivity index (χ0) is 19.6. The highest BCUT2D eigenvalue weighted by Gasteiger charge is 2.25. The van der Waals surface area contributed by atoms with Gasteiger partial charge < -0.3 is 10.1 Å². The number of hydrogen-bond donors (Lipinski definition) is 1. The summed E-state index contributed by atoms with van der Waals surface area (Å²) in [6.07, 6.45) is 0. The number of carbonyl (C=O) groups is 2. The summed E-state index contributed by atoms with van der Waals surface area (Å²) in [6, 6.07) is 14.1. The summed E-state index contributed by atoms with van der Waals surface area (Å²) in [7, 11) is 1.31. The Kier molecular flexibility index (Phi) is 5.85. The summed E-state index contributed by atoms with van der Waals surface area (Å²) >= 11 is 13.2. The molecule has 0 atom stereocenters. The molecule has 27 heavy (non-hydrogen) atoms. The number of nitrogens with one attached hydrogen (secondary N) is 1. The van der Waals surface area contributed by atoms with E-state index >= 15 is 0 Å². The summed E-state index contributed by atoms with van der Waals surface area (Å²) in [5.74, 6) is -0.901. The number of amides is 1. The predicted molar refractivity (Wildman–Crippen MR) is 110 cm³/mol. The number of rotatable bonds is 4. The highest BCUT2D eigenvalue weighted by Crippen LogP contribution is 2.40. The number of methoxy groups -OCH3 is 1. The van der Waals surface area contributed by atoms with Gasteiger partial charge in [-0.3, -0.25) is 4.79 Å². The van der Waals surface area contributed by atoms with E-state index in [2.05, 4.69) is 5.32 Å². The number of carbonyl (C=O) groups excluding carboxylic acids is 2. The Balaban J connectivity index is 2.04. The number of esters is 1. The van der Waals surface area contributed by atoms with Crippen molar-refractivity contribution in [2.45, 2.75) is 6.92 Å². The quantitative estimate of drug-likeness (QED) is 0.522. The first kappa shape index (κ1) is 19.4. The monoisotopic (exact) mass is 419 g/mol. The standard InChI is InChI=1S/C20H15Cl2NO3S/c1-11-16(12-6-4-3-5-7-12)17(20(25)26-2)19(27-11)23-18(24)13-8-9-14(21)15(22)10-13/h3-10H,1-2H3,(H,23,24). The zero-order valence-electron chi connectivity index (χ0n) is 14.5. The SMILES string of the molecule is COC(=O)c1c(NC(=O)c2ccc(Cl)c(Cl)c2)sc(C)c1-c1ccccc1. The Morgan fingerprint density at radius 3 is 2.37 bits per heavy atom. The number of hydrogen-bond acceptors (Lipinski definition) is 4. The Bertz CT molecular complexity index is 1020. The van der Waals surface area contributed by atoms with Crippen LogP contribution in [0.5, 0.6) is 0 Å². The Labute approximate surface area is 170 Å². The van der Waals surface area contributed by atoms with Gasteiger partial charge in [0.15, 0.2) is 0 Å². The first-order chi connectivity index (χ1) is 12.9. The van der Waals surface area contributed by atoms with Crippen molar-refractivity contribution in [1.29, 1.82) is 0 Å². The van der Waals surface area contributed by atoms with E-state index in [9.17, 15) is 9.59 Å². The molecule has 0 aliphatic rings. The van der Waals surface area contributed by atoms with Gasteiger partial charge in [-0.25, -0.2) is 4.79 Å². The lowest BCUT2D eigenvalue weighted by Gasteiger charge is -2.08. The van der Waals surface area contributed by atoms with Crippen LogP contribution in [0.4, 0.5) is 5.00 Å². The molecule has 0 aliphatic heterocycles. The van der Waals surface area contributed by atoms with Gasteiger partial charge >= 0.3 is 5.97 Å². The Morgan fingerprint density at radius 1 is 1.04 bits per heavy atom. The van der Waals surface area contributed by atoms with Gasteiger partial charge in [-0.15, -0.1) is 11.3 Å². The first-order valence-corrected chi connectivity index (χ1v) is 9.53. The average Bonchev–Trinajstić information content (AvgIpc) is 2.99. The van der Waals surface area contributed by atoms with Gasteiger partial charge in [0.05, 0.1) is 17.2 Å². The van der Waals surface area contributed by atoms with Crippen LogP contribution in [0.2, 0.25) is 10.0 Å². The highest BCUT2D eigenvalue weighted by atomic mass is 35.5. The lowest BCUT2D eigenvalue weighted by atomic mass is 10.0. The third-order valence-electron chi connectivity index (χ3n) is 3.95. The molecule has 1 amide bonds. The minimum absolute atomic E-state index is 0.282. The first-order valence-electron chi connectivity index (χ1n) is 7.96. The zero-order valence-corrected chi connectivity index (χ0v) is 16.8. The van der Waals surface area contributed by atoms with E-state index in [0.29, 0.717) is 21.2 Å². The van der Waals surface area contributed by atoms with Crippen LogP contribution in [0.3, 0.4) is 0 Å². The highest BCUT2D eigenvalue weighted by molar-refractivity contribution is 7.17. The normalized spacial score (nSPS) is 10.5. The molecule has 0 saturated heterocycles. The van der Waals surface area contributed by atoms with E-state index in [1.54, 1.807) is 12.1 Å². The van der Waals surface area contributed by atoms with Crippen LogP contribution in [-0.4, -0.2) is 19.0 Å². The van der Waals surface area contributed by atoms with Gasteiger partial charge in [-0.2, -0.15) is 0 Å². The summed E-state index contributed by atoms with van der Waals surface area (Å²) in [6.45, 7) is 1.90. The fourth-order valence-corrected chi connectivity index (χ4v) is 4.05. The molecule has 0 saturated carbocycles. The molecule has 1 heterocycles. The molecule has 1 N–H and O–H groups in total. The molecule has 4 nitrogen and oxygen atoms in total. The molecule has 1 aromatic heterocycles. The van der Waals surface area contributed by atoms with Crippen LogP contribution >= 0.6 is 34.5 Å². The van der Waals surface area contributed by atoms with Crippen molar-refractivity contribution in [2.24, 2.45) is 0 Å². The maximum Gasteiger partial charge on any atom is 0.341 e. The largest absolute Gasteiger partial charge is 0.465 e. The predicted octanol–water partition coefficient (Wildman–Crippen LogP) is 6.07. The number of anilines is 1. The van der Waals surface area contributed by atoms with Crippen molar-refractivity contribution in [1.82, 2.24) is 0 Å². The van der Waals surface area contributed by atoms with E-state index in [-0.39, 0.29) is 10.9 Å². The van der Waals surface area contributed by atoms with Crippen LogP contribution < -0.4 is 5.32 Å². The molecule has 0 spiro atoms. The summed E-state index contributed by atoms with van der Waals surface area (Å²) in [4.78, 5) is 26.0. The van der Waals surface area contributed by atoms with Crippen LogP contribution in [0.1, 0.15) is 25.6 Å². The molecule has 138 valence electrons. The van der Waals surface area contributed by atoms with Gasteiger partial charge in [-0.05, 0) is 30.7 Å². The molecule has 0 radical (unpaired) electrons. The Hall–Kier alpha value is -2.34. The fraction of sp³-hybridized carbons (Fsp3) is 0.100. The minimum atomic E-state index is -0.511. The van der Waals surface area contributed by atoms with Crippen LogP contribution in [0, 0.1) is 6.92 Å². The van der Waals surface area contributed by atoms with E-state index in [1.165, 1.54) is 24.5 Å². The molecule has 3 aromatic rings. The van der Waals surface area contributed by atoms with Crippen LogP contribution in [0.15, 0.2) is 48.5 Å². The fourth-order valence-electron chi connectivity index (χ4n) is 2.69. The van der Waals surface area contributed by atoms with Crippen molar-refractivity contribution in [3.63, 3.8) is 0 Å². The van der Waals surface area contributed by atoms with Crippen LogP contribution in [-0.2, 0) is 4.74 Å². The number of aryl methyl sites for hydroxylation is 1. The molecule has 0 bridgehead atoms. The lowest BCUT2D eigenvalue weighted by Crippen LogP contribution is -2.14. The number of thiophene rings is 1. The Morgan fingerprint density at radius 2 is 1.74 bits per heavy atom. The third kappa shape index (κ3) is 4.00. The molecule has 0 aliphatic carbocycles. The maximum absolute atomic E-state index is 12.6. The minimum Gasteiger partial charge on any atom is -0.465 e. The molecular weight excluding hydrogens is 405 g/mol. The van der Waals surface area contributed by atoms with Gasteiger partial charge in [0, 0.05) is 16.0 Å². The lowest BCUT2D eigenvalue weighted by molar-refractivity contribution is 0.0603. The van der Waals surface area contributed by atoms with Gasteiger partial charge in [-0.1, -0.05) is 53.5 Å². The van der Waals surface area contributed by atoms with Crippen molar-refractivity contribution in [2.75, 3.05) is 12.4 Å². The molecule has 0 unspecified atom stereocenters.